The third-order valence-electron chi connectivity index (χ3n) is 5.02. The summed E-state index contributed by atoms with van der Waals surface area (Å²) in [5.74, 6) is 2.03. The highest BCUT2D eigenvalue weighted by Crippen LogP contribution is 2.32. The van der Waals surface area contributed by atoms with E-state index in [4.69, 9.17) is 27.9 Å². The van der Waals surface area contributed by atoms with Crippen LogP contribution in [0.25, 0.3) is 0 Å². The van der Waals surface area contributed by atoms with Gasteiger partial charge in [0.25, 0.3) is 0 Å². The van der Waals surface area contributed by atoms with E-state index < -0.39 is 6.09 Å². The first-order chi connectivity index (χ1) is 14.0. The Bertz CT molecular complexity index is 1000. The van der Waals surface area contributed by atoms with Crippen LogP contribution in [-0.2, 0) is 6.54 Å². The molecule has 0 unspecified atom stereocenters. The fourth-order valence-corrected chi connectivity index (χ4v) is 3.78. The topological polar surface area (TPSA) is 60.3 Å². The largest absolute Gasteiger partial charge is 0.415 e. The van der Waals surface area contributed by atoms with Crippen molar-refractivity contribution < 1.29 is 9.53 Å². The smallest absolute Gasteiger partial charge is 0.410 e. The molecule has 1 amide bonds. The van der Waals surface area contributed by atoms with E-state index in [1.807, 2.05) is 35.8 Å². The highest BCUT2D eigenvalue weighted by molar-refractivity contribution is 6.30. The normalized spacial score (nSPS) is 16.2. The number of aryl methyl sites for hydroxylation is 1. The number of ether oxygens (including phenoxy) is 1. The predicted octanol–water partition coefficient (Wildman–Crippen LogP) is 5.28. The SMILES string of the molecule is Cc1nnc([C@H]2CCCN2C(=O)Oc2ccc(Cl)cc2)n1Cc1ccc(Cl)cc1. The summed E-state index contributed by atoms with van der Waals surface area (Å²) in [6.07, 6.45) is 1.30. The summed E-state index contributed by atoms with van der Waals surface area (Å²) in [4.78, 5) is 14.5. The lowest BCUT2D eigenvalue weighted by atomic mass is 10.2. The molecule has 0 aliphatic carbocycles. The number of carbonyl (C=O) groups excluding carboxylic acids is 1. The van der Waals surface area contributed by atoms with Crippen LogP contribution in [0.1, 0.15) is 36.1 Å². The number of nitrogens with zero attached hydrogens (tertiary/aromatic N) is 4. The molecule has 1 atom stereocenters. The number of carbonyl (C=O) groups is 1. The van der Waals surface area contributed by atoms with Crippen LogP contribution in [0.5, 0.6) is 5.75 Å². The van der Waals surface area contributed by atoms with Crippen LogP contribution < -0.4 is 4.74 Å². The number of hydrogen-bond acceptors (Lipinski definition) is 4. The van der Waals surface area contributed by atoms with E-state index in [9.17, 15) is 4.79 Å². The maximum atomic E-state index is 12.8. The van der Waals surface area contributed by atoms with Gasteiger partial charge >= 0.3 is 6.09 Å². The number of benzene rings is 2. The summed E-state index contributed by atoms with van der Waals surface area (Å²) in [6, 6.07) is 14.2. The van der Waals surface area contributed by atoms with Gasteiger partial charge in [-0.25, -0.2) is 4.79 Å². The zero-order chi connectivity index (χ0) is 20.4. The number of amides is 1. The summed E-state index contributed by atoms with van der Waals surface area (Å²) in [5, 5.41) is 9.93. The highest BCUT2D eigenvalue weighted by Gasteiger charge is 2.35. The molecule has 0 N–H and O–H groups in total. The maximum Gasteiger partial charge on any atom is 0.415 e. The Morgan fingerprint density at radius 1 is 1.07 bits per heavy atom. The van der Waals surface area contributed by atoms with Gasteiger partial charge in [-0.05, 0) is 61.7 Å². The number of likely N-dealkylation sites (tertiary alicyclic amines) is 1. The molecule has 0 radical (unpaired) electrons. The molecule has 1 aliphatic rings. The van der Waals surface area contributed by atoms with Crippen molar-refractivity contribution in [3.63, 3.8) is 0 Å². The predicted molar refractivity (Wildman–Crippen MR) is 111 cm³/mol. The maximum absolute atomic E-state index is 12.8. The molecule has 2 heterocycles. The van der Waals surface area contributed by atoms with Gasteiger partial charge in [0.2, 0.25) is 0 Å². The van der Waals surface area contributed by atoms with Crippen molar-refractivity contribution in [3.05, 3.63) is 75.8 Å². The Kier molecular flexibility index (Phi) is 5.74. The first-order valence-electron chi connectivity index (χ1n) is 9.39. The molecule has 0 spiro atoms. The van der Waals surface area contributed by atoms with Crippen LogP contribution in [0.15, 0.2) is 48.5 Å². The van der Waals surface area contributed by atoms with Gasteiger partial charge < -0.3 is 9.30 Å². The molecule has 1 aromatic heterocycles. The third-order valence-corrected chi connectivity index (χ3v) is 5.53. The van der Waals surface area contributed by atoms with Gasteiger partial charge in [-0.1, -0.05) is 35.3 Å². The lowest BCUT2D eigenvalue weighted by molar-refractivity contribution is 0.144. The molecule has 4 rings (SSSR count). The van der Waals surface area contributed by atoms with Gasteiger partial charge in [0.1, 0.15) is 11.6 Å². The standard InChI is InChI=1S/C21H20Cl2N4O2/c1-14-24-25-20(27(14)13-15-4-6-16(22)7-5-15)19-3-2-12-26(19)21(28)29-18-10-8-17(23)9-11-18/h4-11,19H,2-3,12-13H2,1H3/t19-/m1/s1. The van der Waals surface area contributed by atoms with Gasteiger partial charge in [-0.15, -0.1) is 10.2 Å². The molecule has 1 aliphatic heterocycles. The quantitative estimate of drug-likeness (QED) is 0.564. The fourth-order valence-electron chi connectivity index (χ4n) is 3.53. The number of hydrogen-bond donors (Lipinski definition) is 0. The van der Waals surface area contributed by atoms with E-state index in [0.29, 0.717) is 28.9 Å². The van der Waals surface area contributed by atoms with E-state index in [1.54, 1.807) is 29.2 Å². The molecule has 0 saturated carbocycles. The first kappa shape index (κ1) is 19.7. The molecule has 150 valence electrons. The minimum absolute atomic E-state index is 0.177. The van der Waals surface area contributed by atoms with Crippen molar-refractivity contribution in [2.45, 2.75) is 32.4 Å². The van der Waals surface area contributed by atoms with Crippen LogP contribution in [0.3, 0.4) is 0 Å². The zero-order valence-electron chi connectivity index (χ0n) is 15.9. The number of rotatable bonds is 4. The zero-order valence-corrected chi connectivity index (χ0v) is 17.4. The summed E-state index contributed by atoms with van der Waals surface area (Å²) in [6.45, 7) is 3.14. The average Bonchev–Trinajstić information content (AvgIpc) is 3.33. The van der Waals surface area contributed by atoms with Crippen LogP contribution in [-0.4, -0.2) is 32.3 Å². The van der Waals surface area contributed by atoms with Crippen molar-refractivity contribution in [1.82, 2.24) is 19.7 Å². The second kappa shape index (κ2) is 8.43. The lowest BCUT2D eigenvalue weighted by Gasteiger charge is -2.24. The minimum Gasteiger partial charge on any atom is -0.410 e. The van der Waals surface area contributed by atoms with Crippen LogP contribution >= 0.6 is 23.2 Å². The molecule has 2 aromatic carbocycles. The average molecular weight is 431 g/mol. The second-order valence-electron chi connectivity index (χ2n) is 6.99. The molecule has 8 heteroatoms. The molecule has 1 saturated heterocycles. The summed E-state index contributed by atoms with van der Waals surface area (Å²) >= 11 is 11.9. The minimum atomic E-state index is -0.395. The van der Waals surface area contributed by atoms with Crippen LogP contribution in [0.4, 0.5) is 4.79 Å². The van der Waals surface area contributed by atoms with Crippen molar-refractivity contribution in [1.29, 1.82) is 0 Å². The van der Waals surface area contributed by atoms with Crippen molar-refractivity contribution in [2.75, 3.05) is 6.54 Å². The number of aromatic nitrogens is 3. The van der Waals surface area contributed by atoms with Gasteiger partial charge in [-0.2, -0.15) is 0 Å². The fraction of sp³-hybridized carbons (Fsp3) is 0.286. The summed E-state index contributed by atoms with van der Waals surface area (Å²) < 4.78 is 7.58. The third kappa shape index (κ3) is 4.38. The van der Waals surface area contributed by atoms with E-state index in [2.05, 4.69) is 10.2 Å². The molecule has 6 nitrogen and oxygen atoms in total. The van der Waals surface area contributed by atoms with Gasteiger partial charge in [-0.3, -0.25) is 4.90 Å². The van der Waals surface area contributed by atoms with Gasteiger partial charge in [0.15, 0.2) is 5.82 Å². The lowest BCUT2D eigenvalue weighted by Crippen LogP contribution is -2.34. The molecule has 3 aromatic rings. The Morgan fingerprint density at radius 2 is 1.72 bits per heavy atom. The number of halogens is 2. The molecule has 0 bridgehead atoms. The first-order valence-corrected chi connectivity index (χ1v) is 10.1. The van der Waals surface area contributed by atoms with Crippen molar-refractivity contribution in [2.24, 2.45) is 0 Å². The van der Waals surface area contributed by atoms with Gasteiger partial charge in [0, 0.05) is 16.6 Å². The van der Waals surface area contributed by atoms with Crippen molar-refractivity contribution in [3.8, 4) is 5.75 Å². The Morgan fingerprint density at radius 3 is 2.41 bits per heavy atom. The molecular formula is C21H20Cl2N4O2. The van der Waals surface area contributed by atoms with Crippen molar-refractivity contribution >= 4 is 29.3 Å². The van der Waals surface area contributed by atoms with Gasteiger partial charge in [0.05, 0.1) is 12.6 Å². The second-order valence-corrected chi connectivity index (χ2v) is 7.86. The highest BCUT2D eigenvalue weighted by atomic mass is 35.5. The molecular weight excluding hydrogens is 411 g/mol. The summed E-state index contributed by atoms with van der Waals surface area (Å²) in [5.41, 5.74) is 1.09. The Hall–Kier alpha value is -2.57. The Labute approximate surface area is 179 Å². The van der Waals surface area contributed by atoms with E-state index in [0.717, 1.165) is 30.1 Å². The Balaban J connectivity index is 1.55. The van der Waals surface area contributed by atoms with E-state index in [-0.39, 0.29) is 6.04 Å². The van der Waals surface area contributed by atoms with Crippen LogP contribution in [0.2, 0.25) is 10.0 Å². The summed E-state index contributed by atoms with van der Waals surface area (Å²) in [7, 11) is 0. The monoisotopic (exact) mass is 430 g/mol. The molecule has 29 heavy (non-hydrogen) atoms. The molecule has 1 fully saturated rings. The van der Waals surface area contributed by atoms with Crippen LogP contribution in [0, 0.1) is 6.92 Å². The van der Waals surface area contributed by atoms with E-state index >= 15 is 0 Å². The van der Waals surface area contributed by atoms with E-state index in [1.165, 1.54) is 0 Å².